The molecular formula is C15H18N4O4. The van der Waals surface area contributed by atoms with E-state index in [9.17, 15) is 14.9 Å². The number of hydrogen-bond donors (Lipinski definition) is 1. The van der Waals surface area contributed by atoms with Crippen molar-refractivity contribution in [2.45, 2.75) is 26.5 Å². The summed E-state index contributed by atoms with van der Waals surface area (Å²) in [5.41, 5.74) is 0.171. The molecule has 23 heavy (non-hydrogen) atoms. The number of nitro benzene ring substituents is 1. The van der Waals surface area contributed by atoms with Crippen molar-refractivity contribution in [2.24, 2.45) is 0 Å². The fourth-order valence-corrected chi connectivity index (χ4v) is 1.89. The van der Waals surface area contributed by atoms with E-state index in [1.807, 2.05) is 6.92 Å². The maximum atomic E-state index is 11.8. The summed E-state index contributed by atoms with van der Waals surface area (Å²) in [6.07, 6.45) is 3.50. The van der Waals surface area contributed by atoms with Gasteiger partial charge in [-0.3, -0.25) is 14.9 Å². The second-order valence-electron chi connectivity index (χ2n) is 4.85. The molecular weight excluding hydrogens is 300 g/mol. The first-order valence-electron chi connectivity index (χ1n) is 7.29. The van der Waals surface area contributed by atoms with E-state index in [1.54, 1.807) is 24.4 Å². The molecule has 0 fully saturated rings. The van der Waals surface area contributed by atoms with Crippen molar-refractivity contribution >= 4 is 11.6 Å². The Morgan fingerprint density at radius 3 is 2.91 bits per heavy atom. The molecule has 0 aliphatic heterocycles. The molecule has 0 unspecified atom stereocenters. The van der Waals surface area contributed by atoms with Crippen molar-refractivity contribution in [1.29, 1.82) is 0 Å². The molecule has 1 aromatic heterocycles. The first-order chi connectivity index (χ1) is 11.1. The average Bonchev–Trinajstić information content (AvgIpc) is 3.02. The molecule has 8 nitrogen and oxygen atoms in total. The van der Waals surface area contributed by atoms with Crippen molar-refractivity contribution in [3.63, 3.8) is 0 Å². The van der Waals surface area contributed by atoms with E-state index in [0.29, 0.717) is 6.54 Å². The predicted molar refractivity (Wildman–Crippen MR) is 83.2 cm³/mol. The Balaban J connectivity index is 1.95. The predicted octanol–water partition coefficient (Wildman–Crippen LogP) is 2.36. The highest BCUT2D eigenvalue weighted by Crippen LogP contribution is 2.25. The number of rotatable bonds is 8. The number of amides is 1. The normalized spacial score (nSPS) is 10.3. The first kappa shape index (κ1) is 16.5. The van der Waals surface area contributed by atoms with Crippen molar-refractivity contribution < 1.29 is 14.5 Å². The number of nitrogens with one attached hydrogen (secondary N) is 1. The van der Waals surface area contributed by atoms with Crippen molar-refractivity contribution in [3.8, 4) is 5.75 Å². The molecule has 1 amide bonds. The molecule has 0 aliphatic carbocycles. The average molecular weight is 318 g/mol. The van der Waals surface area contributed by atoms with Crippen LogP contribution >= 0.6 is 0 Å². The van der Waals surface area contributed by atoms with Crippen LogP contribution in [0.2, 0.25) is 0 Å². The van der Waals surface area contributed by atoms with Crippen LogP contribution in [0, 0.1) is 10.1 Å². The standard InChI is InChI=1S/C15H18N4O4/c1-2-3-9-16-15(20)12-8-10-18(17-12)11-23-14-7-5-4-6-13(14)19(21)22/h4-8,10H,2-3,9,11H2,1H3,(H,16,20). The molecule has 0 bridgehead atoms. The van der Waals surface area contributed by atoms with E-state index in [4.69, 9.17) is 4.74 Å². The van der Waals surface area contributed by atoms with Gasteiger partial charge in [-0.1, -0.05) is 25.5 Å². The number of unbranched alkanes of at least 4 members (excludes halogenated alkanes) is 1. The van der Waals surface area contributed by atoms with Gasteiger partial charge in [-0.25, -0.2) is 4.68 Å². The minimum Gasteiger partial charge on any atom is -0.464 e. The van der Waals surface area contributed by atoms with Gasteiger partial charge >= 0.3 is 5.69 Å². The second-order valence-corrected chi connectivity index (χ2v) is 4.85. The van der Waals surface area contributed by atoms with Crippen LogP contribution in [0.1, 0.15) is 30.3 Å². The molecule has 1 N–H and O–H groups in total. The van der Waals surface area contributed by atoms with Gasteiger partial charge in [0.25, 0.3) is 5.91 Å². The van der Waals surface area contributed by atoms with E-state index < -0.39 is 4.92 Å². The summed E-state index contributed by atoms with van der Waals surface area (Å²) >= 11 is 0. The molecule has 0 saturated heterocycles. The van der Waals surface area contributed by atoms with Gasteiger partial charge in [-0.15, -0.1) is 0 Å². The molecule has 0 radical (unpaired) electrons. The molecule has 8 heteroatoms. The molecule has 1 heterocycles. The number of ether oxygens (including phenoxy) is 1. The van der Waals surface area contributed by atoms with Crippen molar-refractivity contribution in [3.05, 3.63) is 52.3 Å². The van der Waals surface area contributed by atoms with Crippen LogP contribution in [0.15, 0.2) is 36.5 Å². The monoisotopic (exact) mass is 318 g/mol. The lowest BCUT2D eigenvalue weighted by molar-refractivity contribution is -0.386. The molecule has 122 valence electrons. The molecule has 2 rings (SSSR count). The number of aromatic nitrogens is 2. The van der Waals surface area contributed by atoms with Gasteiger partial charge in [-0.05, 0) is 18.6 Å². The Labute approximate surface area is 133 Å². The highest BCUT2D eigenvalue weighted by atomic mass is 16.6. The van der Waals surface area contributed by atoms with E-state index in [0.717, 1.165) is 12.8 Å². The quantitative estimate of drug-likeness (QED) is 0.457. The van der Waals surface area contributed by atoms with Gasteiger partial charge < -0.3 is 10.1 Å². The third-order valence-electron chi connectivity index (χ3n) is 3.10. The van der Waals surface area contributed by atoms with Gasteiger partial charge in [-0.2, -0.15) is 5.10 Å². The summed E-state index contributed by atoms with van der Waals surface area (Å²) < 4.78 is 6.81. The van der Waals surface area contributed by atoms with Gasteiger partial charge in [0.15, 0.2) is 12.5 Å². The summed E-state index contributed by atoms with van der Waals surface area (Å²) in [6, 6.07) is 7.67. The highest BCUT2D eigenvalue weighted by Gasteiger charge is 2.14. The minimum atomic E-state index is -0.509. The number of carbonyl (C=O) groups is 1. The molecule has 1 aromatic carbocycles. The third-order valence-corrected chi connectivity index (χ3v) is 3.10. The lowest BCUT2D eigenvalue weighted by Gasteiger charge is -2.06. The summed E-state index contributed by atoms with van der Waals surface area (Å²) in [5, 5.41) is 17.8. The Morgan fingerprint density at radius 1 is 1.39 bits per heavy atom. The second kappa shape index (κ2) is 7.92. The zero-order chi connectivity index (χ0) is 16.7. The zero-order valence-corrected chi connectivity index (χ0v) is 12.8. The minimum absolute atomic E-state index is 0.0207. The fraction of sp³-hybridized carbons (Fsp3) is 0.333. The number of para-hydroxylation sites is 2. The van der Waals surface area contributed by atoms with Crippen LogP contribution in [0.4, 0.5) is 5.69 Å². The number of carbonyl (C=O) groups excluding carboxylic acids is 1. The summed E-state index contributed by atoms with van der Waals surface area (Å²) in [4.78, 5) is 22.2. The largest absolute Gasteiger partial charge is 0.464 e. The summed E-state index contributed by atoms with van der Waals surface area (Å²) in [6.45, 7) is 2.63. The summed E-state index contributed by atoms with van der Waals surface area (Å²) in [5.74, 6) is -0.0927. The lowest BCUT2D eigenvalue weighted by Crippen LogP contribution is -2.25. The van der Waals surface area contributed by atoms with Crippen molar-refractivity contribution in [2.75, 3.05) is 6.54 Å². The number of hydrogen-bond acceptors (Lipinski definition) is 5. The first-order valence-corrected chi connectivity index (χ1v) is 7.29. The topological polar surface area (TPSA) is 99.3 Å². The van der Waals surface area contributed by atoms with Crippen LogP contribution in [0.5, 0.6) is 5.75 Å². The Kier molecular flexibility index (Phi) is 5.67. The van der Waals surface area contributed by atoms with Gasteiger partial charge in [0.1, 0.15) is 5.69 Å². The highest BCUT2D eigenvalue weighted by molar-refractivity contribution is 5.92. The maximum absolute atomic E-state index is 11.8. The van der Waals surface area contributed by atoms with Gasteiger partial charge in [0, 0.05) is 18.8 Å². The van der Waals surface area contributed by atoms with Crippen LogP contribution < -0.4 is 10.1 Å². The smallest absolute Gasteiger partial charge is 0.311 e. The van der Waals surface area contributed by atoms with Gasteiger partial charge in [0.2, 0.25) is 0 Å². The van der Waals surface area contributed by atoms with E-state index in [2.05, 4.69) is 10.4 Å². The Morgan fingerprint density at radius 2 is 2.17 bits per heavy atom. The number of nitro groups is 1. The molecule has 0 spiro atoms. The van der Waals surface area contributed by atoms with E-state index in [-0.39, 0.29) is 29.8 Å². The summed E-state index contributed by atoms with van der Waals surface area (Å²) in [7, 11) is 0. The number of nitrogens with zero attached hydrogens (tertiary/aromatic N) is 3. The van der Waals surface area contributed by atoms with E-state index in [1.165, 1.54) is 16.8 Å². The molecule has 0 saturated carbocycles. The Hall–Kier alpha value is -2.90. The Bertz CT molecular complexity index is 684. The molecule has 0 aliphatic rings. The van der Waals surface area contributed by atoms with Crippen LogP contribution in [-0.2, 0) is 6.73 Å². The van der Waals surface area contributed by atoms with Crippen LogP contribution in [0.25, 0.3) is 0 Å². The van der Waals surface area contributed by atoms with Gasteiger partial charge in [0.05, 0.1) is 4.92 Å². The van der Waals surface area contributed by atoms with Crippen molar-refractivity contribution in [1.82, 2.24) is 15.1 Å². The van der Waals surface area contributed by atoms with E-state index >= 15 is 0 Å². The van der Waals surface area contributed by atoms with Crippen LogP contribution in [0.3, 0.4) is 0 Å². The third kappa shape index (κ3) is 4.53. The fourth-order valence-electron chi connectivity index (χ4n) is 1.89. The molecule has 0 atom stereocenters. The zero-order valence-electron chi connectivity index (χ0n) is 12.8. The molecule has 2 aromatic rings. The van der Waals surface area contributed by atoms with Crippen LogP contribution in [-0.4, -0.2) is 27.2 Å². The lowest BCUT2D eigenvalue weighted by atomic mass is 10.3. The number of benzene rings is 1. The maximum Gasteiger partial charge on any atom is 0.311 e. The SMILES string of the molecule is CCCCNC(=O)c1ccn(COc2ccccc2[N+](=O)[O-])n1.